The van der Waals surface area contributed by atoms with Crippen LogP contribution < -0.4 is 5.32 Å². The Morgan fingerprint density at radius 2 is 1.61 bits per heavy atom. The van der Waals surface area contributed by atoms with E-state index in [-0.39, 0.29) is 10.8 Å². The van der Waals surface area contributed by atoms with Crippen LogP contribution in [0.2, 0.25) is 0 Å². The zero-order chi connectivity index (χ0) is 21.7. The third kappa shape index (κ3) is 5.00. The first kappa shape index (κ1) is 21.2. The second-order valence-electron chi connectivity index (χ2n) is 7.53. The van der Waals surface area contributed by atoms with E-state index >= 15 is 0 Å². The average Bonchev–Trinajstić information content (AvgIpc) is 3.19. The van der Waals surface area contributed by atoms with E-state index in [0.29, 0.717) is 25.2 Å². The van der Waals surface area contributed by atoms with Crippen molar-refractivity contribution >= 4 is 15.9 Å². The highest BCUT2D eigenvalue weighted by molar-refractivity contribution is 7.89. The number of hydrogen-bond acceptors (Lipinski definition) is 5. The topological polar surface area (TPSA) is 97.2 Å². The van der Waals surface area contributed by atoms with Gasteiger partial charge in [0, 0.05) is 25.2 Å². The van der Waals surface area contributed by atoms with Crippen molar-refractivity contribution in [2.75, 3.05) is 13.1 Å². The smallest absolute Gasteiger partial charge is 0.251 e. The van der Waals surface area contributed by atoms with Gasteiger partial charge in [0.15, 0.2) is 0 Å². The minimum atomic E-state index is -3.52. The van der Waals surface area contributed by atoms with Gasteiger partial charge in [-0.3, -0.25) is 4.79 Å². The van der Waals surface area contributed by atoms with E-state index < -0.39 is 10.0 Å². The van der Waals surface area contributed by atoms with E-state index in [2.05, 4.69) is 15.4 Å². The quantitative estimate of drug-likeness (QED) is 0.637. The van der Waals surface area contributed by atoms with Crippen molar-refractivity contribution in [1.82, 2.24) is 24.4 Å². The van der Waals surface area contributed by atoms with Crippen LogP contribution in [-0.2, 0) is 16.6 Å². The Labute approximate surface area is 182 Å². The van der Waals surface area contributed by atoms with Crippen LogP contribution in [-0.4, -0.2) is 46.5 Å². The SMILES string of the molecule is O=C(NCc1ccc(-n2cncn2)cc1)c1ccc(S(=O)(=O)N2CCCCCC2)cc1. The molecule has 2 aromatic carbocycles. The largest absolute Gasteiger partial charge is 0.348 e. The number of hydrogen-bond donors (Lipinski definition) is 1. The average molecular weight is 440 g/mol. The lowest BCUT2D eigenvalue weighted by Gasteiger charge is -2.20. The van der Waals surface area contributed by atoms with Crippen molar-refractivity contribution in [1.29, 1.82) is 0 Å². The Morgan fingerprint density at radius 1 is 0.935 bits per heavy atom. The van der Waals surface area contributed by atoms with Crippen LogP contribution in [0.3, 0.4) is 0 Å². The Morgan fingerprint density at radius 3 is 2.23 bits per heavy atom. The summed E-state index contributed by atoms with van der Waals surface area (Å²) >= 11 is 0. The monoisotopic (exact) mass is 439 g/mol. The second kappa shape index (κ2) is 9.40. The summed E-state index contributed by atoms with van der Waals surface area (Å²) in [5.41, 5.74) is 2.25. The fourth-order valence-electron chi connectivity index (χ4n) is 3.60. The molecule has 0 atom stereocenters. The van der Waals surface area contributed by atoms with E-state index in [4.69, 9.17) is 0 Å². The number of aromatic nitrogens is 3. The highest BCUT2D eigenvalue weighted by Gasteiger charge is 2.25. The van der Waals surface area contributed by atoms with E-state index in [1.54, 1.807) is 27.4 Å². The van der Waals surface area contributed by atoms with Gasteiger partial charge < -0.3 is 5.32 Å². The van der Waals surface area contributed by atoms with Gasteiger partial charge >= 0.3 is 0 Å². The number of benzene rings is 2. The fraction of sp³-hybridized carbons (Fsp3) is 0.318. The van der Waals surface area contributed by atoms with Gasteiger partial charge in [-0.2, -0.15) is 9.40 Å². The molecule has 1 amide bonds. The van der Waals surface area contributed by atoms with Gasteiger partial charge in [-0.05, 0) is 54.8 Å². The highest BCUT2D eigenvalue weighted by Crippen LogP contribution is 2.20. The molecular formula is C22H25N5O3S. The molecule has 1 aliphatic heterocycles. The molecule has 1 N–H and O–H groups in total. The summed E-state index contributed by atoms with van der Waals surface area (Å²) in [7, 11) is -3.52. The van der Waals surface area contributed by atoms with Crippen LogP contribution in [0, 0.1) is 0 Å². The summed E-state index contributed by atoms with van der Waals surface area (Å²) in [6.07, 6.45) is 6.99. The molecule has 2 heterocycles. The molecule has 0 saturated carbocycles. The fourth-order valence-corrected chi connectivity index (χ4v) is 5.12. The molecule has 0 bridgehead atoms. The number of carbonyl (C=O) groups excluding carboxylic acids is 1. The first-order valence-electron chi connectivity index (χ1n) is 10.4. The van der Waals surface area contributed by atoms with Gasteiger partial charge in [-0.25, -0.2) is 18.1 Å². The van der Waals surface area contributed by atoms with Crippen LogP contribution in [0.1, 0.15) is 41.6 Å². The number of sulfonamides is 1. The number of nitrogens with one attached hydrogen (secondary N) is 1. The molecule has 1 saturated heterocycles. The molecular weight excluding hydrogens is 414 g/mol. The molecule has 1 aliphatic rings. The van der Waals surface area contributed by atoms with E-state index in [1.807, 2.05) is 24.3 Å². The number of carbonyl (C=O) groups is 1. The van der Waals surface area contributed by atoms with E-state index in [0.717, 1.165) is 36.9 Å². The molecule has 0 radical (unpaired) electrons. The maximum Gasteiger partial charge on any atom is 0.251 e. The Kier molecular flexibility index (Phi) is 6.43. The number of rotatable bonds is 6. The number of nitrogens with zero attached hydrogens (tertiary/aromatic N) is 4. The summed E-state index contributed by atoms with van der Waals surface area (Å²) < 4.78 is 28.9. The minimum Gasteiger partial charge on any atom is -0.348 e. The number of amides is 1. The molecule has 8 nitrogen and oxygen atoms in total. The van der Waals surface area contributed by atoms with E-state index in [1.165, 1.54) is 18.5 Å². The van der Waals surface area contributed by atoms with Crippen LogP contribution in [0.4, 0.5) is 0 Å². The van der Waals surface area contributed by atoms with Crippen molar-refractivity contribution in [3.63, 3.8) is 0 Å². The van der Waals surface area contributed by atoms with Gasteiger partial charge in [0.1, 0.15) is 12.7 Å². The zero-order valence-electron chi connectivity index (χ0n) is 17.1. The van der Waals surface area contributed by atoms with Gasteiger partial charge in [0.2, 0.25) is 10.0 Å². The molecule has 1 fully saturated rings. The third-order valence-electron chi connectivity index (χ3n) is 5.39. The highest BCUT2D eigenvalue weighted by atomic mass is 32.2. The maximum atomic E-state index is 12.9. The molecule has 4 rings (SSSR count). The van der Waals surface area contributed by atoms with Crippen LogP contribution in [0.15, 0.2) is 66.1 Å². The Hall–Kier alpha value is -3.04. The lowest BCUT2D eigenvalue weighted by molar-refractivity contribution is 0.0951. The van der Waals surface area contributed by atoms with Crippen molar-refractivity contribution in [2.24, 2.45) is 0 Å². The summed E-state index contributed by atoms with van der Waals surface area (Å²) in [4.78, 5) is 16.6. The lowest BCUT2D eigenvalue weighted by atomic mass is 10.2. The second-order valence-corrected chi connectivity index (χ2v) is 9.47. The standard InChI is InChI=1S/C22H25N5O3S/c28-22(24-15-18-5-9-20(10-6-18)27-17-23-16-25-27)19-7-11-21(12-8-19)31(29,30)26-13-3-1-2-4-14-26/h5-12,16-17H,1-4,13-15H2,(H,24,28). The molecule has 0 spiro atoms. The third-order valence-corrected chi connectivity index (χ3v) is 7.30. The first-order chi connectivity index (χ1) is 15.0. The molecule has 0 unspecified atom stereocenters. The summed E-state index contributed by atoms with van der Waals surface area (Å²) in [5.74, 6) is -0.251. The van der Waals surface area contributed by atoms with Crippen LogP contribution in [0.5, 0.6) is 0 Å². The Balaban J connectivity index is 1.37. The molecule has 31 heavy (non-hydrogen) atoms. The molecule has 0 aliphatic carbocycles. The van der Waals surface area contributed by atoms with Crippen molar-refractivity contribution < 1.29 is 13.2 Å². The molecule has 9 heteroatoms. The van der Waals surface area contributed by atoms with Crippen molar-refractivity contribution in [2.45, 2.75) is 37.1 Å². The van der Waals surface area contributed by atoms with Gasteiger partial charge in [-0.15, -0.1) is 0 Å². The lowest BCUT2D eigenvalue weighted by Crippen LogP contribution is -2.32. The zero-order valence-corrected chi connectivity index (χ0v) is 18.0. The normalized spacial score (nSPS) is 15.4. The van der Waals surface area contributed by atoms with Crippen LogP contribution >= 0.6 is 0 Å². The summed E-state index contributed by atoms with van der Waals surface area (Å²) in [6.45, 7) is 1.48. The predicted octanol–water partition coefficient (Wildman–Crippen LogP) is 2.76. The minimum absolute atomic E-state index is 0.231. The van der Waals surface area contributed by atoms with Gasteiger partial charge in [0.05, 0.1) is 10.6 Å². The Bertz CT molecular complexity index is 1100. The maximum absolute atomic E-state index is 12.9. The summed E-state index contributed by atoms with van der Waals surface area (Å²) in [6, 6.07) is 13.8. The van der Waals surface area contributed by atoms with E-state index in [9.17, 15) is 13.2 Å². The van der Waals surface area contributed by atoms with Crippen molar-refractivity contribution in [3.8, 4) is 5.69 Å². The van der Waals surface area contributed by atoms with Crippen LogP contribution in [0.25, 0.3) is 5.69 Å². The predicted molar refractivity (Wildman–Crippen MR) is 116 cm³/mol. The molecule has 162 valence electrons. The van der Waals surface area contributed by atoms with Crippen molar-refractivity contribution in [3.05, 3.63) is 72.3 Å². The molecule has 3 aromatic rings. The summed E-state index contributed by atoms with van der Waals surface area (Å²) in [5, 5.41) is 6.94. The molecule has 1 aromatic heterocycles. The first-order valence-corrected chi connectivity index (χ1v) is 11.8. The van der Waals surface area contributed by atoms with Gasteiger partial charge in [0.25, 0.3) is 5.91 Å². The van der Waals surface area contributed by atoms with Gasteiger partial charge in [-0.1, -0.05) is 25.0 Å².